The van der Waals surface area contributed by atoms with E-state index in [4.69, 9.17) is 9.47 Å². The molecule has 288 valence electrons. The topological polar surface area (TPSA) is 69.7 Å². The molecule has 1 fully saturated rings. The second kappa shape index (κ2) is 34.1. The maximum absolute atomic E-state index is 12.9. The van der Waals surface area contributed by atoms with Gasteiger partial charge in [0.2, 0.25) is 0 Å². The van der Waals surface area contributed by atoms with Crippen LogP contribution in [0.2, 0.25) is 0 Å². The number of esters is 2. The van der Waals surface area contributed by atoms with Gasteiger partial charge in [0.25, 0.3) is 0 Å². The zero-order valence-electron chi connectivity index (χ0n) is 32.7. The summed E-state index contributed by atoms with van der Waals surface area (Å²) in [5.74, 6) is 2.58. The minimum absolute atomic E-state index is 0.0117. The van der Waals surface area contributed by atoms with Crippen molar-refractivity contribution in [2.24, 2.45) is 11.8 Å². The summed E-state index contributed by atoms with van der Waals surface area (Å²) in [7, 11) is 0. The monoisotopic (exact) mass is 709 g/mol. The zero-order chi connectivity index (χ0) is 35.6. The van der Waals surface area contributed by atoms with Gasteiger partial charge in [-0.25, -0.2) is 0 Å². The van der Waals surface area contributed by atoms with Crippen molar-refractivity contribution in [3.05, 3.63) is 0 Å². The third-order valence-electron chi connectivity index (χ3n) is 10.4. The van der Waals surface area contributed by atoms with Gasteiger partial charge in [0.05, 0.1) is 18.4 Å². The van der Waals surface area contributed by atoms with Crippen molar-refractivity contribution in [2.45, 2.75) is 226 Å². The molecule has 1 saturated carbocycles. The van der Waals surface area contributed by atoms with E-state index < -0.39 is 0 Å². The first-order chi connectivity index (χ1) is 24.0. The van der Waals surface area contributed by atoms with E-state index >= 15 is 0 Å². The smallest absolute Gasteiger partial charge is 0.309 e. The molecule has 0 aromatic carbocycles. The lowest BCUT2D eigenvalue weighted by molar-refractivity contribution is -0.154. The molecule has 2 unspecified atom stereocenters. The fourth-order valence-electron chi connectivity index (χ4n) is 7.05. The Balaban J connectivity index is 2.16. The van der Waals surface area contributed by atoms with Gasteiger partial charge in [0, 0.05) is 18.6 Å². The first-order valence-corrected chi connectivity index (χ1v) is 22.6. The average Bonchev–Trinajstić information content (AvgIpc) is 3.40. The molecular weight excluding hydrogens is 629 g/mol. The summed E-state index contributed by atoms with van der Waals surface area (Å²) in [4.78, 5) is 38.2. The quantitative estimate of drug-likeness (QED) is 0.0376. The summed E-state index contributed by atoms with van der Waals surface area (Å²) in [5, 5.41) is 0. The Morgan fingerprint density at radius 3 is 1.71 bits per heavy atom. The Kier molecular flexibility index (Phi) is 32.0. The number of carbonyl (C=O) groups is 3. The van der Waals surface area contributed by atoms with Crippen LogP contribution in [0, 0.1) is 11.8 Å². The number of thioether (sulfide) groups is 1. The van der Waals surface area contributed by atoms with Crippen molar-refractivity contribution in [3.8, 4) is 0 Å². The van der Waals surface area contributed by atoms with Gasteiger partial charge >= 0.3 is 11.9 Å². The van der Waals surface area contributed by atoms with E-state index in [0.29, 0.717) is 25.2 Å². The molecule has 1 aliphatic rings. The van der Waals surface area contributed by atoms with E-state index in [0.717, 1.165) is 114 Å². The van der Waals surface area contributed by atoms with Crippen LogP contribution < -0.4 is 0 Å². The minimum Gasteiger partial charge on any atom is -0.465 e. The average molecular weight is 709 g/mol. The minimum atomic E-state index is 0.0117. The highest BCUT2D eigenvalue weighted by Crippen LogP contribution is 2.26. The van der Waals surface area contributed by atoms with Crippen LogP contribution in [0.3, 0.4) is 0 Å². The Labute approximate surface area is 308 Å². The second-order valence-electron chi connectivity index (χ2n) is 15.1. The number of Topliss-reactive ketones (excluding diaryl/α,β-unsaturated/α-hetero) is 1. The molecule has 1 aliphatic carbocycles. The van der Waals surface area contributed by atoms with Crippen LogP contribution in [0.5, 0.6) is 0 Å². The number of hydrogen-bond donors (Lipinski definition) is 0. The number of carbonyl (C=O) groups excluding carboxylic acids is 3. The fourth-order valence-corrected chi connectivity index (χ4v) is 8.13. The van der Waals surface area contributed by atoms with Crippen molar-refractivity contribution >= 4 is 29.5 Å². The van der Waals surface area contributed by atoms with Crippen LogP contribution in [0.25, 0.3) is 0 Å². The Bertz CT molecular complexity index is 778. The third-order valence-corrected chi connectivity index (χ3v) is 11.6. The molecule has 0 radical (unpaired) electrons. The summed E-state index contributed by atoms with van der Waals surface area (Å²) in [6.07, 6.45) is 34.1. The second-order valence-corrected chi connectivity index (χ2v) is 16.3. The van der Waals surface area contributed by atoms with Crippen LogP contribution in [0.4, 0.5) is 0 Å². The van der Waals surface area contributed by atoms with Gasteiger partial charge < -0.3 is 9.47 Å². The first kappa shape index (κ1) is 46.0. The Hall–Kier alpha value is -1.04. The number of ketones is 1. The van der Waals surface area contributed by atoms with Crippen molar-refractivity contribution in [3.63, 3.8) is 0 Å². The van der Waals surface area contributed by atoms with E-state index in [1.165, 1.54) is 83.5 Å². The van der Waals surface area contributed by atoms with Crippen LogP contribution in [-0.2, 0) is 23.9 Å². The normalized spacial score (nSPS) is 15.1. The highest BCUT2D eigenvalue weighted by Gasteiger charge is 2.24. The van der Waals surface area contributed by atoms with Crippen molar-refractivity contribution in [1.29, 1.82) is 0 Å². The SMILES string of the molecule is CCCCCCCCC(CCCCCC)C(=O)OCCCCCC(=O)CCCCCSCC(CCCCCC)OC(=O)C1CCCCCC1. The third kappa shape index (κ3) is 27.3. The molecule has 0 aromatic heterocycles. The number of unbranched alkanes of at least 4 members (excludes halogenated alkanes) is 15. The van der Waals surface area contributed by atoms with Crippen LogP contribution >= 0.6 is 11.8 Å². The maximum Gasteiger partial charge on any atom is 0.309 e. The lowest BCUT2D eigenvalue weighted by atomic mass is 9.94. The van der Waals surface area contributed by atoms with E-state index in [2.05, 4.69) is 20.8 Å². The zero-order valence-corrected chi connectivity index (χ0v) is 33.5. The lowest BCUT2D eigenvalue weighted by Crippen LogP contribution is -2.26. The van der Waals surface area contributed by atoms with Gasteiger partial charge in [0.1, 0.15) is 11.9 Å². The van der Waals surface area contributed by atoms with Gasteiger partial charge in [-0.15, -0.1) is 0 Å². The highest BCUT2D eigenvalue weighted by atomic mass is 32.2. The molecule has 0 aliphatic heterocycles. The summed E-state index contributed by atoms with van der Waals surface area (Å²) in [6, 6.07) is 0. The molecule has 0 saturated heterocycles. The molecule has 5 nitrogen and oxygen atoms in total. The Morgan fingerprint density at radius 2 is 1.10 bits per heavy atom. The molecule has 0 N–H and O–H groups in total. The van der Waals surface area contributed by atoms with E-state index in [-0.39, 0.29) is 29.9 Å². The number of rotatable bonds is 34. The molecule has 6 heteroatoms. The molecule has 2 atom stereocenters. The van der Waals surface area contributed by atoms with Gasteiger partial charge in [-0.1, -0.05) is 136 Å². The maximum atomic E-state index is 12.9. The molecule has 0 heterocycles. The summed E-state index contributed by atoms with van der Waals surface area (Å²) < 4.78 is 11.8. The van der Waals surface area contributed by atoms with Crippen LogP contribution in [0.15, 0.2) is 0 Å². The largest absolute Gasteiger partial charge is 0.465 e. The molecular formula is C43H80O5S. The van der Waals surface area contributed by atoms with Gasteiger partial charge in [0.15, 0.2) is 0 Å². The molecule has 0 aromatic rings. The van der Waals surface area contributed by atoms with E-state index in [1.54, 1.807) is 0 Å². The molecule has 0 bridgehead atoms. The summed E-state index contributed by atoms with van der Waals surface area (Å²) >= 11 is 1.92. The number of ether oxygens (including phenoxy) is 2. The summed E-state index contributed by atoms with van der Waals surface area (Å²) in [6.45, 7) is 7.20. The van der Waals surface area contributed by atoms with Crippen LogP contribution in [-0.4, -0.2) is 41.9 Å². The van der Waals surface area contributed by atoms with E-state index in [9.17, 15) is 14.4 Å². The van der Waals surface area contributed by atoms with Crippen molar-refractivity contribution < 1.29 is 23.9 Å². The van der Waals surface area contributed by atoms with Gasteiger partial charge in [-0.05, 0) is 76.4 Å². The molecule has 49 heavy (non-hydrogen) atoms. The predicted octanol–water partition coefficient (Wildman–Crippen LogP) is 13.1. The van der Waals surface area contributed by atoms with Crippen LogP contribution in [0.1, 0.15) is 220 Å². The van der Waals surface area contributed by atoms with Gasteiger partial charge in [-0.3, -0.25) is 14.4 Å². The van der Waals surface area contributed by atoms with Crippen molar-refractivity contribution in [2.75, 3.05) is 18.1 Å². The van der Waals surface area contributed by atoms with E-state index in [1.807, 2.05) is 11.8 Å². The molecule has 1 rings (SSSR count). The number of hydrogen-bond acceptors (Lipinski definition) is 6. The van der Waals surface area contributed by atoms with Crippen molar-refractivity contribution in [1.82, 2.24) is 0 Å². The van der Waals surface area contributed by atoms with Gasteiger partial charge in [-0.2, -0.15) is 11.8 Å². The first-order valence-electron chi connectivity index (χ1n) is 21.5. The standard InChI is InChI=1S/C43H80O5S/c1-4-7-10-13-14-20-29-38(28-19-11-8-5-2)42(45)47-35-26-17-23-32-40(44)33-24-18-27-36-49-37-41(34-25-12-9-6-3)48-43(46)39-30-21-15-16-22-31-39/h38-39,41H,4-37H2,1-3H3. The highest BCUT2D eigenvalue weighted by molar-refractivity contribution is 7.99. The predicted molar refractivity (Wildman–Crippen MR) is 210 cm³/mol. The molecule has 0 spiro atoms. The summed E-state index contributed by atoms with van der Waals surface area (Å²) in [5.41, 5.74) is 0. The lowest BCUT2D eigenvalue weighted by Gasteiger charge is -2.21. The fraction of sp³-hybridized carbons (Fsp3) is 0.930. The Morgan fingerprint density at radius 1 is 0.592 bits per heavy atom. The molecule has 0 amide bonds.